The van der Waals surface area contributed by atoms with E-state index in [0.29, 0.717) is 0 Å². The van der Waals surface area contributed by atoms with Crippen molar-refractivity contribution in [2.45, 2.75) is 6.54 Å². The van der Waals surface area contributed by atoms with Crippen LogP contribution >= 0.6 is 0 Å². The summed E-state index contributed by atoms with van der Waals surface area (Å²) in [6.07, 6.45) is 4.34. The molecule has 0 radical (unpaired) electrons. The molecule has 0 spiro atoms. The van der Waals surface area contributed by atoms with Crippen molar-refractivity contribution in [2.75, 3.05) is 25.1 Å². The topological polar surface area (TPSA) is 124 Å². The number of anilines is 2. The van der Waals surface area contributed by atoms with E-state index in [2.05, 4.69) is 20.6 Å². The van der Waals surface area contributed by atoms with E-state index in [1.54, 1.807) is 14.1 Å². The Labute approximate surface area is 114 Å². The van der Waals surface area contributed by atoms with Crippen LogP contribution in [0.25, 0.3) is 0 Å². The summed E-state index contributed by atoms with van der Waals surface area (Å²) in [5.74, 6) is 0.0572. The summed E-state index contributed by atoms with van der Waals surface area (Å²) in [5, 5.41) is 10.0. The number of nitrogen functional groups attached to an aromatic ring is 1. The Morgan fingerprint density at radius 2 is 2.20 bits per heavy atom. The molecule has 0 aliphatic rings. The second-order valence-corrected chi connectivity index (χ2v) is 4.18. The minimum Gasteiger partial charge on any atom is -0.369 e. The van der Waals surface area contributed by atoms with Crippen LogP contribution in [0.15, 0.2) is 18.6 Å². The van der Waals surface area contributed by atoms with Crippen LogP contribution in [0.3, 0.4) is 0 Å². The summed E-state index contributed by atoms with van der Waals surface area (Å²) in [5.41, 5.74) is 5.52. The van der Waals surface area contributed by atoms with Crippen molar-refractivity contribution in [3.8, 4) is 0 Å². The van der Waals surface area contributed by atoms with Crippen molar-refractivity contribution in [1.82, 2.24) is 29.4 Å². The van der Waals surface area contributed by atoms with E-state index in [1.165, 1.54) is 32.7 Å². The monoisotopic (exact) mass is 278 g/mol. The average Bonchev–Trinajstić information content (AvgIpc) is 2.98. The maximum Gasteiger partial charge on any atom is 0.322 e. The van der Waals surface area contributed by atoms with E-state index in [0.717, 1.165) is 0 Å². The van der Waals surface area contributed by atoms with Gasteiger partial charge in [-0.25, -0.2) is 14.5 Å². The second kappa shape index (κ2) is 5.38. The molecule has 0 saturated carbocycles. The van der Waals surface area contributed by atoms with Crippen LogP contribution in [-0.2, 0) is 6.54 Å². The highest BCUT2D eigenvalue weighted by atomic mass is 16.2. The standard InChI is InChI=1S/C10H14N8O2/c1-16(2)10(20)13-7-5-17(15-14-7)6-8(19)18-4-3-12-9(18)11/h3-5H,6H2,1-2H3,(H2,11,12)(H,13,20). The van der Waals surface area contributed by atoms with Crippen molar-refractivity contribution in [2.24, 2.45) is 0 Å². The van der Waals surface area contributed by atoms with Crippen LogP contribution in [0, 0.1) is 0 Å². The number of imidazole rings is 1. The molecule has 3 N–H and O–H groups in total. The van der Waals surface area contributed by atoms with Crippen LogP contribution in [0.4, 0.5) is 16.6 Å². The summed E-state index contributed by atoms with van der Waals surface area (Å²) in [7, 11) is 3.20. The molecule has 0 aliphatic carbocycles. The van der Waals surface area contributed by atoms with Gasteiger partial charge >= 0.3 is 6.03 Å². The summed E-state index contributed by atoms with van der Waals surface area (Å²) in [4.78, 5) is 28.4. The molecule has 2 aromatic heterocycles. The first-order valence-corrected chi connectivity index (χ1v) is 5.68. The van der Waals surface area contributed by atoms with Crippen molar-refractivity contribution < 1.29 is 9.59 Å². The van der Waals surface area contributed by atoms with Crippen molar-refractivity contribution in [1.29, 1.82) is 0 Å². The fourth-order valence-corrected chi connectivity index (χ4v) is 1.39. The Kier molecular flexibility index (Phi) is 3.64. The SMILES string of the molecule is CN(C)C(=O)Nc1cn(CC(=O)n2ccnc2N)nn1. The number of urea groups is 1. The Morgan fingerprint density at radius 1 is 1.45 bits per heavy atom. The first kappa shape index (κ1) is 13.5. The summed E-state index contributed by atoms with van der Waals surface area (Å²) in [6.45, 7) is -0.0641. The summed E-state index contributed by atoms with van der Waals surface area (Å²) >= 11 is 0. The second-order valence-electron chi connectivity index (χ2n) is 4.18. The minimum absolute atomic E-state index is 0.0641. The average molecular weight is 278 g/mol. The van der Waals surface area contributed by atoms with Gasteiger partial charge in [0.25, 0.3) is 5.91 Å². The first-order chi connectivity index (χ1) is 9.47. The third-order valence-corrected chi connectivity index (χ3v) is 2.42. The number of nitrogens with zero attached hydrogens (tertiary/aromatic N) is 6. The van der Waals surface area contributed by atoms with Crippen LogP contribution in [-0.4, -0.2) is 55.5 Å². The zero-order valence-corrected chi connectivity index (χ0v) is 11.0. The third-order valence-electron chi connectivity index (χ3n) is 2.42. The van der Waals surface area contributed by atoms with Gasteiger partial charge in [-0.05, 0) is 0 Å². The Balaban J connectivity index is 2.01. The van der Waals surface area contributed by atoms with Gasteiger partial charge in [-0.2, -0.15) is 0 Å². The third kappa shape index (κ3) is 2.91. The van der Waals surface area contributed by atoms with Crippen molar-refractivity contribution in [3.63, 3.8) is 0 Å². The van der Waals surface area contributed by atoms with E-state index >= 15 is 0 Å². The number of nitrogens with one attached hydrogen (secondary N) is 1. The Hall–Kier alpha value is -2.91. The number of nitrogens with two attached hydrogens (primary N) is 1. The first-order valence-electron chi connectivity index (χ1n) is 5.68. The zero-order chi connectivity index (χ0) is 14.7. The van der Waals surface area contributed by atoms with Gasteiger partial charge in [0.2, 0.25) is 5.95 Å². The van der Waals surface area contributed by atoms with Crippen molar-refractivity contribution >= 4 is 23.7 Å². The summed E-state index contributed by atoms with van der Waals surface area (Å²) in [6, 6.07) is -0.331. The molecule has 0 unspecified atom stereocenters. The molecule has 0 aliphatic heterocycles. The molecule has 0 saturated heterocycles. The van der Waals surface area contributed by atoms with E-state index in [4.69, 9.17) is 5.73 Å². The molecule has 0 aromatic carbocycles. The number of carbonyl (C=O) groups is 2. The number of hydrogen-bond donors (Lipinski definition) is 2. The molecule has 0 bridgehead atoms. The lowest BCUT2D eigenvalue weighted by Crippen LogP contribution is -2.27. The largest absolute Gasteiger partial charge is 0.369 e. The zero-order valence-electron chi connectivity index (χ0n) is 11.0. The predicted molar refractivity (Wildman–Crippen MR) is 70.0 cm³/mol. The lowest BCUT2D eigenvalue weighted by molar-refractivity contribution is 0.0888. The van der Waals surface area contributed by atoms with Crippen LogP contribution in [0.5, 0.6) is 0 Å². The fourth-order valence-electron chi connectivity index (χ4n) is 1.39. The highest BCUT2D eigenvalue weighted by molar-refractivity contribution is 5.87. The van der Waals surface area contributed by atoms with Gasteiger partial charge < -0.3 is 10.6 Å². The number of aromatic nitrogens is 5. The van der Waals surface area contributed by atoms with Gasteiger partial charge in [-0.1, -0.05) is 5.21 Å². The fraction of sp³-hybridized carbons (Fsp3) is 0.300. The number of amides is 2. The molecule has 106 valence electrons. The lowest BCUT2D eigenvalue weighted by Gasteiger charge is -2.09. The van der Waals surface area contributed by atoms with E-state index in [1.807, 2.05) is 0 Å². The number of carbonyl (C=O) groups excluding carboxylic acids is 2. The van der Waals surface area contributed by atoms with Gasteiger partial charge in [0.05, 0.1) is 6.20 Å². The molecule has 2 amide bonds. The molecule has 20 heavy (non-hydrogen) atoms. The van der Waals surface area contributed by atoms with Gasteiger partial charge in [-0.15, -0.1) is 5.10 Å². The predicted octanol–water partition coefficient (Wildman–Crippen LogP) is -0.509. The van der Waals surface area contributed by atoms with Crippen molar-refractivity contribution in [3.05, 3.63) is 18.6 Å². The van der Waals surface area contributed by atoms with Gasteiger partial charge in [-0.3, -0.25) is 14.7 Å². The molecule has 0 fully saturated rings. The molecule has 2 aromatic rings. The lowest BCUT2D eigenvalue weighted by atomic mass is 10.5. The van der Waals surface area contributed by atoms with E-state index in [-0.39, 0.29) is 30.2 Å². The van der Waals surface area contributed by atoms with Gasteiger partial charge in [0.15, 0.2) is 5.82 Å². The van der Waals surface area contributed by atoms with E-state index < -0.39 is 0 Å². The van der Waals surface area contributed by atoms with Crippen LogP contribution in [0.1, 0.15) is 4.79 Å². The molecular weight excluding hydrogens is 264 g/mol. The Morgan fingerprint density at radius 3 is 2.80 bits per heavy atom. The molecule has 10 nitrogen and oxygen atoms in total. The van der Waals surface area contributed by atoms with Gasteiger partial charge in [0, 0.05) is 26.5 Å². The molecular formula is C10H14N8O2. The maximum atomic E-state index is 11.9. The minimum atomic E-state index is -0.331. The highest BCUT2D eigenvalue weighted by Crippen LogP contribution is 2.03. The number of rotatable bonds is 3. The smallest absolute Gasteiger partial charge is 0.322 e. The Bertz CT molecular complexity index is 629. The molecule has 2 rings (SSSR count). The molecule has 10 heteroatoms. The quantitative estimate of drug-likeness (QED) is 0.779. The van der Waals surface area contributed by atoms with Gasteiger partial charge in [0.1, 0.15) is 6.54 Å². The maximum absolute atomic E-state index is 11.9. The molecule has 2 heterocycles. The number of hydrogen-bond acceptors (Lipinski definition) is 6. The normalized spacial score (nSPS) is 10.3. The molecule has 0 atom stereocenters. The van der Waals surface area contributed by atoms with E-state index in [9.17, 15) is 9.59 Å². The van der Waals surface area contributed by atoms with Crippen LogP contribution in [0.2, 0.25) is 0 Å². The highest BCUT2D eigenvalue weighted by Gasteiger charge is 2.12. The van der Waals surface area contributed by atoms with Crippen LogP contribution < -0.4 is 11.1 Å². The summed E-state index contributed by atoms with van der Waals surface area (Å²) < 4.78 is 2.51.